The topological polar surface area (TPSA) is 67.7 Å². The number of ether oxygens (including phenoxy) is 1. The van der Waals surface area contributed by atoms with E-state index < -0.39 is 6.04 Å². The fourth-order valence-electron chi connectivity index (χ4n) is 5.12. The van der Waals surface area contributed by atoms with E-state index in [2.05, 4.69) is 45.6 Å². The van der Waals surface area contributed by atoms with Crippen molar-refractivity contribution in [3.05, 3.63) is 89.5 Å². The molecule has 1 atom stereocenters. The monoisotopic (exact) mass is 534 g/mol. The normalized spacial score (nSPS) is 15.2. The third-order valence-electron chi connectivity index (χ3n) is 7.27. The Morgan fingerprint density at radius 1 is 1.08 bits per heavy atom. The first-order chi connectivity index (χ1) is 18.5. The molecule has 2 heterocycles. The Bertz CT molecular complexity index is 1170. The molecular weight excluding hydrogens is 496 g/mol. The van der Waals surface area contributed by atoms with E-state index in [-0.39, 0.29) is 17.9 Å². The largest absolute Gasteiger partial charge is 0.467 e. The van der Waals surface area contributed by atoms with Crippen LogP contribution in [0.2, 0.25) is 0 Å². The van der Waals surface area contributed by atoms with Crippen molar-refractivity contribution in [2.45, 2.75) is 51.4 Å². The summed E-state index contributed by atoms with van der Waals surface area (Å²) in [6, 6.07) is 17.3. The molecule has 0 aliphatic carbocycles. The number of benzene rings is 2. The maximum atomic E-state index is 13.7. The number of likely N-dealkylation sites (tertiary alicyclic amines) is 1. The number of rotatable bonds is 11. The maximum absolute atomic E-state index is 13.7. The number of thioether (sulfide) groups is 1. The molecule has 8 heteroatoms. The highest BCUT2D eigenvalue weighted by molar-refractivity contribution is 7.98. The van der Waals surface area contributed by atoms with E-state index in [1.807, 2.05) is 54.0 Å². The lowest BCUT2D eigenvalue weighted by Crippen LogP contribution is -2.54. The minimum atomic E-state index is -0.590. The van der Waals surface area contributed by atoms with Crippen molar-refractivity contribution in [2.24, 2.45) is 0 Å². The van der Waals surface area contributed by atoms with E-state index in [4.69, 9.17) is 4.74 Å². The zero-order chi connectivity index (χ0) is 26.9. The molecule has 0 spiro atoms. The molecule has 0 N–H and O–H groups in total. The van der Waals surface area contributed by atoms with Gasteiger partial charge in [0, 0.05) is 44.0 Å². The highest BCUT2D eigenvalue weighted by Gasteiger charge is 2.37. The van der Waals surface area contributed by atoms with Crippen LogP contribution in [0.1, 0.15) is 46.4 Å². The highest BCUT2D eigenvalue weighted by atomic mass is 32.2. The molecule has 1 fully saturated rings. The molecule has 0 bridgehead atoms. The van der Waals surface area contributed by atoms with Crippen molar-refractivity contribution < 1.29 is 14.3 Å². The Morgan fingerprint density at radius 3 is 2.45 bits per heavy atom. The van der Waals surface area contributed by atoms with Gasteiger partial charge in [0.25, 0.3) is 5.91 Å². The average molecular weight is 535 g/mol. The summed E-state index contributed by atoms with van der Waals surface area (Å²) >= 11 is 1.67. The third-order valence-corrected chi connectivity index (χ3v) is 7.91. The summed E-state index contributed by atoms with van der Waals surface area (Å²) in [6.45, 7) is 5.38. The summed E-state index contributed by atoms with van der Waals surface area (Å²) < 4.78 is 7.37. The summed E-state index contributed by atoms with van der Waals surface area (Å²) in [5, 5.41) is 0. The smallest absolute Gasteiger partial charge is 0.328 e. The predicted octanol–water partition coefficient (Wildman–Crippen LogP) is 4.64. The predicted molar refractivity (Wildman–Crippen MR) is 152 cm³/mol. The molecule has 202 valence electrons. The van der Waals surface area contributed by atoms with Gasteiger partial charge in [-0.25, -0.2) is 9.78 Å². The second kappa shape index (κ2) is 13.6. The maximum Gasteiger partial charge on any atom is 0.328 e. The van der Waals surface area contributed by atoms with Crippen molar-refractivity contribution in [1.82, 2.24) is 19.4 Å². The number of imidazole rings is 1. The number of hydrogen-bond acceptors (Lipinski definition) is 6. The lowest BCUT2D eigenvalue weighted by atomic mass is 9.98. The van der Waals surface area contributed by atoms with E-state index in [1.54, 1.807) is 11.8 Å². The van der Waals surface area contributed by atoms with Crippen LogP contribution in [-0.4, -0.2) is 75.5 Å². The van der Waals surface area contributed by atoms with Gasteiger partial charge in [0.05, 0.1) is 19.1 Å². The number of aryl methyl sites for hydroxylation is 1. The average Bonchev–Trinajstić information content (AvgIpc) is 3.38. The molecule has 2 aromatic carbocycles. The minimum Gasteiger partial charge on any atom is -0.467 e. The van der Waals surface area contributed by atoms with Gasteiger partial charge in [0.1, 0.15) is 6.04 Å². The Labute approximate surface area is 230 Å². The van der Waals surface area contributed by atoms with Gasteiger partial charge >= 0.3 is 5.97 Å². The van der Waals surface area contributed by atoms with E-state index in [0.29, 0.717) is 12.0 Å². The van der Waals surface area contributed by atoms with Crippen molar-refractivity contribution in [3.8, 4) is 0 Å². The number of amides is 1. The molecular formula is C30H38N4O3S. The number of hydrogen-bond donors (Lipinski definition) is 0. The fraction of sp³-hybridized carbons (Fsp3) is 0.433. The standard InChI is InChI=1S/C30H38N4O3S/c1-23-9-11-24(12-10-23)20-33-22-31-19-27(33)21-32-16-13-26(14-17-32)34(28(15-18-38-3)30(36)37-2)29(35)25-7-5-4-6-8-25/h4-12,19,22,26,28H,13-18,20-21H2,1-3H3/t28-/m0/s1. The van der Waals surface area contributed by atoms with Crippen molar-refractivity contribution in [1.29, 1.82) is 0 Å². The van der Waals surface area contributed by atoms with Gasteiger partial charge in [0.15, 0.2) is 0 Å². The van der Waals surface area contributed by atoms with Crippen LogP contribution in [-0.2, 0) is 22.6 Å². The molecule has 1 aliphatic rings. The summed E-state index contributed by atoms with van der Waals surface area (Å²) in [7, 11) is 1.40. The second-order valence-corrected chi connectivity index (χ2v) is 10.9. The van der Waals surface area contributed by atoms with Crippen molar-refractivity contribution >= 4 is 23.6 Å². The minimum absolute atomic E-state index is 0.0256. The molecule has 38 heavy (non-hydrogen) atoms. The first-order valence-corrected chi connectivity index (χ1v) is 14.6. The zero-order valence-corrected chi connectivity index (χ0v) is 23.4. The molecule has 0 unspecified atom stereocenters. The SMILES string of the molecule is COC(=O)[C@H](CCSC)N(C(=O)c1ccccc1)C1CCN(Cc2cncn2Cc2ccc(C)cc2)CC1. The van der Waals surface area contributed by atoms with Crippen LogP contribution in [0.4, 0.5) is 0 Å². The van der Waals surface area contributed by atoms with Gasteiger partial charge < -0.3 is 14.2 Å². The Hall–Kier alpha value is -3.10. The van der Waals surface area contributed by atoms with Crippen molar-refractivity contribution in [2.75, 3.05) is 32.2 Å². The number of methoxy groups -OCH3 is 1. The molecule has 1 aliphatic heterocycles. The van der Waals surface area contributed by atoms with Gasteiger partial charge in [-0.3, -0.25) is 9.69 Å². The molecule has 7 nitrogen and oxygen atoms in total. The van der Waals surface area contributed by atoms with Crippen LogP contribution in [0.25, 0.3) is 0 Å². The molecule has 3 aromatic rings. The van der Waals surface area contributed by atoms with Crippen molar-refractivity contribution in [3.63, 3.8) is 0 Å². The third kappa shape index (κ3) is 7.05. The quantitative estimate of drug-likeness (QED) is 0.334. The van der Waals surface area contributed by atoms with Crippen LogP contribution < -0.4 is 0 Å². The zero-order valence-electron chi connectivity index (χ0n) is 22.6. The fourth-order valence-corrected chi connectivity index (χ4v) is 5.58. The number of piperidine rings is 1. The highest BCUT2D eigenvalue weighted by Crippen LogP contribution is 2.25. The first-order valence-electron chi connectivity index (χ1n) is 13.2. The lowest BCUT2D eigenvalue weighted by molar-refractivity contribution is -0.147. The van der Waals surface area contributed by atoms with E-state index in [9.17, 15) is 9.59 Å². The number of aromatic nitrogens is 2. The molecule has 1 aromatic heterocycles. The first kappa shape index (κ1) is 27.9. The lowest BCUT2D eigenvalue weighted by Gasteiger charge is -2.41. The molecule has 4 rings (SSSR count). The summed E-state index contributed by atoms with van der Waals surface area (Å²) in [5.41, 5.74) is 4.29. The van der Waals surface area contributed by atoms with Gasteiger partial charge in [-0.1, -0.05) is 48.0 Å². The van der Waals surface area contributed by atoms with Gasteiger partial charge in [-0.2, -0.15) is 11.8 Å². The Morgan fingerprint density at radius 2 is 1.79 bits per heavy atom. The Kier molecular flexibility index (Phi) is 10.0. The summed E-state index contributed by atoms with van der Waals surface area (Å²) in [6.07, 6.45) is 8.04. The van der Waals surface area contributed by atoms with Crippen LogP contribution in [0.5, 0.6) is 0 Å². The molecule has 0 saturated carbocycles. The van der Waals surface area contributed by atoms with Crippen LogP contribution in [0, 0.1) is 6.92 Å². The summed E-state index contributed by atoms with van der Waals surface area (Å²) in [5.74, 6) is 0.338. The van der Waals surface area contributed by atoms with E-state index in [0.717, 1.165) is 44.8 Å². The number of esters is 1. The summed E-state index contributed by atoms with van der Waals surface area (Å²) in [4.78, 5) is 35.3. The van der Waals surface area contributed by atoms with Crippen LogP contribution >= 0.6 is 11.8 Å². The Balaban J connectivity index is 1.45. The molecule has 1 amide bonds. The van der Waals surface area contributed by atoms with Gasteiger partial charge in [-0.15, -0.1) is 0 Å². The number of nitrogens with zero attached hydrogens (tertiary/aromatic N) is 4. The van der Waals surface area contributed by atoms with E-state index >= 15 is 0 Å². The van der Waals surface area contributed by atoms with Crippen LogP contribution in [0.3, 0.4) is 0 Å². The molecule has 0 radical (unpaired) electrons. The number of carbonyl (C=O) groups excluding carboxylic acids is 2. The molecule has 1 saturated heterocycles. The second-order valence-electron chi connectivity index (χ2n) is 9.90. The van der Waals surface area contributed by atoms with E-state index in [1.165, 1.54) is 23.9 Å². The number of carbonyl (C=O) groups is 2. The van der Waals surface area contributed by atoms with Crippen LogP contribution in [0.15, 0.2) is 67.1 Å². The van der Waals surface area contributed by atoms with Gasteiger partial charge in [0.2, 0.25) is 0 Å². The van der Waals surface area contributed by atoms with Gasteiger partial charge in [-0.05, 0) is 55.9 Å².